The third-order valence-electron chi connectivity index (χ3n) is 4.73. The number of carbonyl (C=O) groups excluding carboxylic acids is 1. The number of nitrogens with one attached hydrogen (secondary N) is 1. The second-order valence-electron chi connectivity index (χ2n) is 6.40. The van der Waals surface area contributed by atoms with E-state index in [1.54, 1.807) is 12.1 Å². The van der Waals surface area contributed by atoms with E-state index in [0.717, 1.165) is 16.9 Å². The Kier molecular flexibility index (Phi) is 4.42. The normalized spacial score (nSPS) is 15.3. The predicted molar refractivity (Wildman–Crippen MR) is 101 cm³/mol. The van der Waals surface area contributed by atoms with Crippen molar-refractivity contribution < 1.29 is 9.53 Å². The lowest BCUT2D eigenvalue weighted by molar-refractivity contribution is 0.100. The molecule has 1 heterocycles. The molecule has 0 aliphatic carbocycles. The van der Waals surface area contributed by atoms with E-state index < -0.39 is 5.91 Å². The van der Waals surface area contributed by atoms with Crippen LogP contribution in [-0.4, -0.2) is 5.91 Å². The van der Waals surface area contributed by atoms with Crippen LogP contribution in [0.2, 0.25) is 0 Å². The molecule has 1 atom stereocenters. The van der Waals surface area contributed by atoms with Gasteiger partial charge in [-0.3, -0.25) is 4.79 Å². The first kappa shape index (κ1) is 16.4. The summed E-state index contributed by atoms with van der Waals surface area (Å²) in [6.07, 6.45) is 0. The maximum absolute atomic E-state index is 11.2. The highest BCUT2D eigenvalue weighted by molar-refractivity contribution is 5.92. The number of ether oxygens (including phenoxy) is 1. The van der Waals surface area contributed by atoms with Crippen LogP contribution >= 0.6 is 0 Å². The molecule has 3 aromatic rings. The SMILES string of the molecule is NC(=O)c1ccc(CNC2c3ccccc3COc3ccccc32)cc1. The Labute approximate surface area is 152 Å². The highest BCUT2D eigenvalue weighted by Crippen LogP contribution is 2.35. The number of hydrogen-bond donors (Lipinski definition) is 2. The molecule has 1 unspecified atom stereocenters. The average molecular weight is 344 g/mol. The third-order valence-corrected chi connectivity index (χ3v) is 4.73. The summed E-state index contributed by atoms with van der Waals surface area (Å²) >= 11 is 0. The number of para-hydroxylation sites is 1. The molecule has 0 spiro atoms. The molecule has 0 saturated carbocycles. The van der Waals surface area contributed by atoms with Gasteiger partial charge in [-0.15, -0.1) is 0 Å². The van der Waals surface area contributed by atoms with Crippen molar-refractivity contribution in [1.29, 1.82) is 0 Å². The van der Waals surface area contributed by atoms with E-state index in [9.17, 15) is 4.79 Å². The number of hydrogen-bond acceptors (Lipinski definition) is 3. The lowest BCUT2D eigenvalue weighted by Gasteiger charge is -2.21. The predicted octanol–water partition coefficient (Wildman–Crippen LogP) is 3.56. The van der Waals surface area contributed by atoms with Crippen molar-refractivity contribution in [3.05, 3.63) is 101 Å². The van der Waals surface area contributed by atoms with Crippen molar-refractivity contribution in [3.8, 4) is 5.75 Å². The Morgan fingerprint density at radius 3 is 2.42 bits per heavy atom. The molecule has 1 aliphatic rings. The van der Waals surface area contributed by atoms with Crippen molar-refractivity contribution in [2.24, 2.45) is 5.73 Å². The zero-order chi connectivity index (χ0) is 17.9. The van der Waals surface area contributed by atoms with Crippen LogP contribution < -0.4 is 15.8 Å². The molecule has 3 N–H and O–H groups in total. The Bertz CT molecular complexity index is 887. The second kappa shape index (κ2) is 7.02. The molecule has 0 bridgehead atoms. The quantitative estimate of drug-likeness (QED) is 0.761. The van der Waals surface area contributed by atoms with Gasteiger partial charge in [0, 0.05) is 17.7 Å². The van der Waals surface area contributed by atoms with Crippen LogP contribution in [0, 0.1) is 0 Å². The van der Waals surface area contributed by atoms with E-state index in [0.29, 0.717) is 18.7 Å². The maximum Gasteiger partial charge on any atom is 0.248 e. The van der Waals surface area contributed by atoms with Crippen LogP contribution in [0.15, 0.2) is 72.8 Å². The van der Waals surface area contributed by atoms with Gasteiger partial charge < -0.3 is 15.8 Å². The fraction of sp³-hybridized carbons (Fsp3) is 0.136. The molecule has 0 radical (unpaired) electrons. The van der Waals surface area contributed by atoms with Crippen LogP contribution in [0.4, 0.5) is 0 Å². The molecule has 26 heavy (non-hydrogen) atoms. The minimum absolute atomic E-state index is 0.0423. The van der Waals surface area contributed by atoms with Crippen molar-refractivity contribution in [2.75, 3.05) is 0 Å². The number of benzene rings is 3. The van der Waals surface area contributed by atoms with Gasteiger partial charge in [0.1, 0.15) is 12.4 Å². The highest BCUT2D eigenvalue weighted by Gasteiger charge is 2.23. The molecular weight excluding hydrogens is 324 g/mol. The molecule has 130 valence electrons. The fourth-order valence-electron chi connectivity index (χ4n) is 3.35. The summed E-state index contributed by atoms with van der Waals surface area (Å²) in [5, 5.41) is 3.64. The van der Waals surface area contributed by atoms with Gasteiger partial charge in [-0.2, -0.15) is 0 Å². The van der Waals surface area contributed by atoms with Gasteiger partial charge in [0.2, 0.25) is 5.91 Å². The summed E-state index contributed by atoms with van der Waals surface area (Å²) in [5.74, 6) is 0.499. The summed E-state index contributed by atoms with van der Waals surface area (Å²) in [5.41, 5.74) is 10.5. The smallest absolute Gasteiger partial charge is 0.248 e. The second-order valence-corrected chi connectivity index (χ2v) is 6.40. The molecule has 1 amide bonds. The molecule has 4 heteroatoms. The number of amides is 1. The molecular formula is C22H20N2O2. The summed E-state index contributed by atoms with van der Waals surface area (Å²) in [7, 11) is 0. The number of fused-ring (bicyclic) bond motifs is 2. The largest absolute Gasteiger partial charge is 0.489 e. The third kappa shape index (κ3) is 3.19. The maximum atomic E-state index is 11.2. The monoisotopic (exact) mass is 344 g/mol. The van der Waals surface area contributed by atoms with Crippen molar-refractivity contribution in [3.63, 3.8) is 0 Å². The van der Waals surface area contributed by atoms with Crippen molar-refractivity contribution in [1.82, 2.24) is 5.32 Å². The van der Waals surface area contributed by atoms with E-state index >= 15 is 0 Å². The van der Waals surface area contributed by atoms with E-state index in [-0.39, 0.29) is 6.04 Å². The molecule has 0 aromatic heterocycles. The van der Waals surface area contributed by atoms with Gasteiger partial charge in [-0.25, -0.2) is 0 Å². The van der Waals surface area contributed by atoms with Crippen molar-refractivity contribution >= 4 is 5.91 Å². The molecule has 4 nitrogen and oxygen atoms in total. The standard InChI is InChI=1S/C22H20N2O2/c23-22(25)16-11-9-15(10-12-16)13-24-21-18-6-2-1-5-17(18)14-26-20-8-4-3-7-19(20)21/h1-12,21,24H,13-14H2,(H2,23,25). The molecule has 3 aromatic carbocycles. The molecule has 0 saturated heterocycles. The lowest BCUT2D eigenvalue weighted by Crippen LogP contribution is -2.22. The minimum atomic E-state index is -0.409. The minimum Gasteiger partial charge on any atom is -0.489 e. The lowest BCUT2D eigenvalue weighted by atomic mass is 9.94. The van der Waals surface area contributed by atoms with Crippen LogP contribution in [0.3, 0.4) is 0 Å². The van der Waals surface area contributed by atoms with Gasteiger partial charge in [0.25, 0.3) is 0 Å². The fourth-order valence-corrected chi connectivity index (χ4v) is 3.35. The van der Waals surface area contributed by atoms with E-state index in [2.05, 4.69) is 29.6 Å². The zero-order valence-electron chi connectivity index (χ0n) is 14.3. The Balaban J connectivity index is 1.63. The Morgan fingerprint density at radius 1 is 0.962 bits per heavy atom. The van der Waals surface area contributed by atoms with Gasteiger partial charge >= 0.3 is 0 Å². The Morgan fingerprint density at radius 2 is 1.65 bits per heavy atom. The van der Waals surface area contributed by atoms with Crippen LogP contribution in [-0.2, 0) is 13.2 Å². The van der Waals surface area contributed by atoms with Gasteiger partial charge in [0.15, 0.2) is 0 Å². The molecule has 1 aliphatic heterocycles. The topological polar surface area (TPSA) is 64.4 Å². The van der Waals surface area contributed by atoms with Crippen LogP contribution in [0.25, 0.3) is 0 Å². The summed E-state index contributed by atoms with van der Waals surface area (Å²) in [6, 6.07) is 23.9. The van der Waals surface area contributed by atoms with Crippen LogP contribution in [0.1, 0.15) is 38.7 Å². The van der Waals surface area contributed by atoms with Gasteiger partial charge in [-0.1, -0.05) is 54.6 Å². The van der Waals surface area contributed by atoms with Gasteiger partial charge in [0.05, 0.1) is 6.04 Å². The first-order valence-electron chi connectivity index (χ1n) is 8.64. The molecule has 0 fully saturated rings. The number of rotatable bonds is 4. The summed E-state index contributed by atoms with van der Waals surface area (Å²) in [4.78, 5) is 11.2. The highest BCUT2D eigenvalue weighted by atomic mass is 16.5. The number of nitrogens with two attached hydrogens (primary N) is 1. The zero-order valence-corrected chi connectivity index (χ0v) is 14.3. The number of primary amides is 1. The van der Waals surface area contributed by atoms with E-state index in [4.69, 9.17) is 10.5 Å². The Hall–Kier alpha value is -3.11. The number of carbonyl (C=O) groups is 1. The van der Waals surface area contributed by atoms with E-state index in [1.165, 1.54) is 11.1 Å². The molecule has 4 rings (SSSR count). The summed E-state index contributed by atoms with van der Waals surface area (Å²) < 4.78 is 6.01. The van der Waals surface area contributed by atoms with Gasteiger partial charge in [-0.05, 0) is 34.9 Å². The summed E-state index contributed by atoms with van der Waals surface area (Å²) in [6.45, 7) is 1.24. The van der Waals surface area contributed by atoms with Crippen molar-refractivity contribution in [2.45, 2.75) is 19.2 Å². The van der Waals surface area contributed by atoms with Crippen LogP contribution in [0.5, 0.6) is 5.75 Å². The first-order valence-corrected chi connectivity index (χ1v) is 8.64. The average Bonchev–Trinajstić information content (AvgIpc) is 2.84. The van der Waals surface area contributed by atoms with E-state index in [1.807, 2.05) is 36.4 Å². The first-order chi connectivity index (χ1) is 12.7.